The Hall–Kier alpha value is -2.43. The molecule has 1 unspecified atom stereocenters. The average molecular weight is 324 g/mol. The molecule has 1 fully saturated rings. The Morgan fingerprint density at radius 1 is 1.29 bits per heavy atom. The Kier molecular flexibility index (Phi) is 5.08. The third kappa shape index (κ3) is 3.55. The Labute approximate surface area is 143 Å². The summed E-state index contributed by atoms with van der Waals surface area (Å²) in [6.45, 7) is 5.17. The molecule has 0 saturated carbocycles. The normalized spacial score (nSPS) is 17.6. The molecule has 5 nitrogen and oxygen atoms in total. The molecular formula is C19H24N4O. The Balaban J connectivity index is 1.79. The molecule has 0 aliphatic carbocycles. The quantitative estimate of drug-likeness (QED) is 0.929. The molecule has 1 atom stereocenters. The zero-order chi connectivity index (χ0) is 16.9. The van der Waals surface area contributed by atoms with E-state index in [2.05, 4.69) is 27.1 Å². The summed E-state index contributed by atoms with van der Waals surface area (Å²) < 4.78 is 0. The van der Waals surface area contributed by atoms with Crippen LogP contribution in [0.2, 0.25) is 0 Å². The SMILES string of the molecule is CCC1CCCCN1c1cc(C(=O)Nc2ccccc2C)ncn1. The van der Waals surface area contributed by atoms with Crippen molar-refractivity contribution in [1.82, 2.24) is 9.97 Å². The van der Waals surface area contributed by atoms with Gasteiger partial charge in [-0.2, -0.15) is 0 Å². The smallest absolute Gasteiger partial charge is 0.274 e. The highest BCUT2D eigenvalue weighted by Crippen LogP contribution is 2.25. The van der Waals surface area contributed by atoms with Gasteiger partial charge in [0.05, 0.1) is 0 Å². The van der Waals surface area contributed by atoms with Gasteiger partial charge >= 0.3 is 0 Å². The third-order valence-corrected chi connectivity index (χ3v) is 4.67. The second-order valence-electron chi connectivity index (χ2n) is 6.28. The van der Waals surface area contributed by atoms with E-state index in [1.165, 1.54) is 25.6 Å². The van der Waals surface area contributed by atoms with Gasteiger partial charge in [-0.25, -0.2) is 9.97 Å². The van der Waals surface area contributed by atoms with Crippen LogP contribution in [-0.4, -0.2) is 28.5 Å². The predicted molar refractivity (Wildman–Crippen MR) is 96.4 cm³/mol. The first-order valence-corrected chi connectivity index (χ1v) is 8.64. The number of hydrogen-bond donors (Lipinski definition) is 1. The van der Waals surface area contributed by atoms with Crippen molar-refractivity contribution in [2.45, 2.75) is 45.6 Å². The lowest BCUT2D eigenvalue weighted by atomic mass is 10.00. The predicted octanol–water partition coefficient (Wildman–Crippen LogP) is 3.81. The Morgan fingerprint density at radius 2 is 2.12 bits per heavy atom. The van der Waals surface area contributed by atoms with Gasteiger partial charge in [-0.05, 0) is 44.2 Å². The number of benzene rings is 1. The number of piperidine rings is 1. The average Bonchev–Trinajstić information content (AvgIpc) is 2.63. The van der Waals surface area contributed by atoms with Crippen molar-refractivity contribution in [3.05, 3.63) is 47.9 Å². The molecule has 1 aliphatic rings. The second-order valence-corrected chi connectivity index (χ2v) is 6.28. The van der Waals surface area contributed by atoms with Gasteiger partial charge in [0.1, 0.15) is 17.8 Å². The molecule has 3 rings (SSSR count). The van der Waals surface area contributed by atoms with E-state index in [1.54, 1.807) is 0 Å². The molecule has 0 spiro atoms. The van der Waals surface area contributed by atoms with Crippen molar-refractivity contribution in [1.29, 1.82) is 0 Å². The summed E-state index contributed by atoms with van der Waals surface area (Å²) in [5.74, 6) is 0.657. The molecular weight excluding hydrogens is 300 g/mol. The van der Waals surface area contributed by atoms with Gasteiger partial charge in [0.25, 0.3) is 5.91 Å². The van der Waals surface area contributed by atoms with Crippen LogP contribution in [-0.2, 0) is 0 Å². The van der Waals surface area contributed by atoms with Crippen molar-refractivity contribution in [2.75, 3.05) is 16.8 Å². The molecule has 1 aliphatic heterocycles. The molecule has 2 aromatic rings. The first-order chi connectivity index (χ1) is 11.7. The number of amides is 1. The largest absolute Gasteiger partial charge is 0.354 e. The van der Waals surface area contributed by atoms with Gasteiger partial charge in [-0.1, -0.05) is 25.1 Å². The van der Waals surface area contributed by atoms with Gasteiger partial charge < -0.3 is 10.2 Å². The number of rotatable bonds is 4. The first-order valence-electron chi connectivity index (χ1n) is 8.64. The number of aryl methyl sites for hydroxylation is 1. The summed E-state index contributed by atoms with van der Waals surface area (Å²) in [6, 6.07) is 10.0. The number of aromatic nitrogens is 2. The van der Waals surface area contributed by atoms with Crippen molar-refractivity contribution < 1.29 is 4.79 Å². The summed E-state index contributed by atoms with van der Waals surface area (Å²) in [4.78, 5) is 23.4. The number of hydrogen-bond acceptors (Lipinski definition) is 4. The number of nitrogens with one attached hydrogen (secondary N) is 1. The maximum Gasteiger partial charge on any atom is 0.274 e. The van der Waals surface area contributed by atoms with Gasteiger partial charge in [-0.15, -0.1) is 0 Å². The number of para-hydroxylation sites is 1. The minimum absolute atomic E-state index is 0.196. The molecule has 1 aromatic carbocycles. The van der Waals surface area contributed by atoms with Gasteiger partial charge in [0.2, 0.25) is 0 Å². The Morgan fingerprint density at radius 3 is 2.92 bits per heavy atom. The van der Waals surface area contributed by atoms with E-state index in [0.717, 1.165) is 30.0 Å². The van der Waals surface area contributed by atoms with E-state index >= 15 is 0 Å². The molecule has 126 valence electrons. The van der Waals surface area contributed by atoms with Gasteiger partial charge in [0, 0.05) is 24.3 Å². The maximum atomic E-state index is 12.5. The second kappa shape index (κ2) is 7.43. The number of carbonyl (C=O) groups is 1. The lowest BCUT2D eigenvalue weighted by molar-refractivity contribution is 0.102. The van der Waals surface area contributed by atoms with Crippen LogP contribution >= 0.6 is 0 Å². The first kappa shape index (κ1) is 16.4. The molecule has 1 amide bonds. The topological polar surface area (TPSA) is 58.1 Å². The number of anilines is 2. The number of nitrogens with zero attached hydrogens (tertiary/aromatic N) is 3. The molecule has 1 N–H and O–H groups in total. The van der Waals surface area contributed by atoms with Crippen molar-refractivity contribution in [2.24, 2.45) is 0 Å². The monoisotopic (exact) mass is 324 g/mol. The van der Waals surface area contributed by atoms with Crippen molar-refractivity contribution >= 4 is 17.4 Å². The van der Waals surface area contributed by atoms with Crippen LogP contribution in [0.15, 0.2) is 36.7 Å². The summed E-state index contributed by atoms with van der Waals surface area (Å²) in [5.41, 5.74) is 2.25. The zero-order valence-corrected chi connectivity index (χ0v) is 14.3. The van der Waals surface area contributed by atoms with E-state index in [9.17, 15) is 4.79 Å². The molecule has 1 aromatic heterocycles. The van der Waals surface area contributed by atoms with Gasteiger partial charge in [-0.3, -0.25) is 4.79 Å². The van der Waals surface area contributed by atoms with Crippen LogP contribution < -0.4 is 10.2 Å². The standard InChI is InChI=1S/C19H24N4O/c1-3-15-9-6-7-11-23(15)18-12-17(20-13-21-18)19(24)22-16-10-5-4-8-14(16)2/h4-5,8,10,12-13,15H,3,6-7,9,11H2,1-2H3,(H,22,24). The fourth-order valence-electron chi connectivity index (χ4n) is 3.25. The third-order valence-electron chi connectivity index (χ3n) is 4.67. The van der Waals surface area contributed by atoms with Crippen LogP contribution in [0.1, 0.15) is 48.7 Å². The summed E-state index contributed by atoms with van der Waals surface area (Å²) in [5, 5.41) is 2.93. The summed E-state index contributed by atoms with van der Waals surface area (Å²) >= 11 is 0. The van der Waals surface area contributed by atoms with Crippen LogP contribution in [0.4, 0.5) is 11.5 Å². The fraction of sp³-hybridized carbons (Fsp3) is 0.421. The van der Waals surface area contributed by atoms with Gasteiger partial charge in [0.15, 0.2) is 0 Å². The molecule has 5 heteroatoms. The maximum absolute atomic E-state index is 12.5. The fourth-order valence-corrected chi connectivity index (χ4v) is 3.25. The van der Waals surface area contributed by atoms with E-state index in [-0.39, 0.29) is 5.91 Å². The van der Waals surface area contributed by atoms with E-state index in [1.807, 2.05) is 37.3 Å². The minimum atomic E-state index is -0.196. The van der Waals surface area contributed by atoms with Crippen molar-refractivity contribution in [3.63, 3.8) is 0 Å². The minimum Gasteiger partial charge on any atom is -0.354 e. The van der Waals surface area contributed by atoms with E-state index in [0.29, 0.717) is 11.7 Å². The van der Waals surface area contributed by atoms with Crippen LogP contribution in [0.3, 0.4) is 0 Å². The molecule has 1 saturated heterocycles. The van der Waals surface area contributed by atoms with Crippen molar-refractivity contribution in [3.8, 4) is 0 Å². The number of carbonyl (C=O) groups excluding carboxylic acids is 1. The van der Waals surface area contributed by atoms with E-state index < -0.39 is 0 Å². The van der Waals surface area contributed by atoms with Crippen LogP contribution in [0, 0.1) is 6.92 Å². The molecule has 2 heterocycles. The molecule has 0 bridgehead atoms. The summed E-state index contributed by atoms with van der Waals surface area (Å²) in [6.07, 6.45) is 6.20. The van der Waals surface area contributed by atoms with E-state index in [4.69, 9.17) is 0 Å². The van der Waals surface area contributed by atoms with Crippen LogP contribution in [0.25, 0.3) is 0 Å². The molecule has 24 heavy (non-hydrogen) atoms. The lowest BCUT2D eigenvalue weighted by Gasteiger charge is -2.36. The highest BCUT2D eigenvalue weighted by atomic mass is 16.1. The lowest BCUT2D eigenvalue weighted by Crippen LogP contribution is -2.39. The highest BCUT2D eigenvalue weighted by Gasteiger charge is 2.23. The highest BCUT2D eigenvalue weighted by molar-refractivity contribution is 6.03. The summed E-state index contributed by atoms with van der Waals surface area (Å²) in [7, 11) is 0. The zero-order valence-electron chi connectivity index (χ0n) is 14.3. The van der Waals surface area contributed by atoms with Crippen LogP contribution in [0.5, 0.6) is 0 Å². The molecule has 0 radical (unpaired) electrons. The Bertz CT molecular complexity index is 716.